The second-order valence-corrected chi connectivity index (χ2v) is 8.38. The summed E-state index contributed by atoms with van der Waals surface area (Å²) in [5.41, 5.74) is 2.21. The van der Waals surface area contributed by atoms with Gasteiger partial charge in [-0.05, 0) is 31.0 Å². The molecule has 5 nitrogen and oxygen atoms in total. The van der Waals surface area contributed by atoms with Gasteiger partial charge in [-0.1, -0.05) is 12.1 Å². The van der Waals surface area contributed by atoms with Crippen LogP contribution in [0.2, 0.25) is 0 Å². The Hall–Kier alpha value is -2.48. The van der Waals surface area contributed by atoms with Crippen LogP contribution in [0.5, 0.6) is 0 Å². The number of nitrogens with zero attached hydrogens (tertiary/aromatic N) is 2. The van der Waals surface area contributed by atoms with Crippen LogP contribution >= 0.6 is 0 Å². The van der Waals surface area contributed by atoms with E-state index < -0.39 is 17.2 Å². The van der Waals surface area contributed by atoms with Crippen molar-refractivity contribution in [1.29, 1.82) is 0 Å². The number of nitrogens with one attached hydrogen (secondary N) is 1. The molecule has 8 heteroatoms. The van der Waals surface area contributed by atoms with Crippen LogP contribution in [0.25, 0.3) is 0 Å². The first-order chi connectivity index (χ1) is 13.4. The van der Waals surface area contributed by atoms with Gasteiger partial charge < -0.3 is 5.32 Å². The third-order valence-corrected chi connectivity index (χ3v) is 5.80. The molecule has 2 aliphatic rings. The van der Waals surface area contributed by atoms with Crippen LogP contribution in [0, 0.1) is 5.92 Å². The molecule has 0 radical (unpaired) electrons. The molecule has 1 aliphatic heterocycles. The maximum atomic E-state index is 13.2. The number of hydrogen-bond acceptors (Lipinski definition) is 5. The monoisotopic (exact) mass is 403 g/mol. The third kappa shape index (κ3) is 3.87. The minimum Gasteiger partial charge on any atom is -0.353 e. The number of aliphatic imine (C=N–C) groups is 1. The van der Waals surface area contributed by atoms with Crippen LogP contribution in [0.4, 0.5) is 25.8 Å². The average Bonchev–Trinajstić information content (AvgIpc) is 3.41. The molecule has 1 aromatic heterocycles. The highest BCUT2D eigenvalue weighted by Crippen LogP contribution is 2.38. The van der Waals surface area contributed by atoms with E-state index in [9.17, 15) is 17.8 Å². The Kier molecular flexibility index (Phi) is 5.05. The predicted octanol–water partition coefficient (Wildman–Crippen LogP) is 3.98. The zero-order valence-electron chi connectivity index (χ0n) is 15.2. The number of ketones is 1. The van der Waals surface area contributed by atoms with Crippen LogP contribution in [0.1, 0.15) is 24.2 Å². The van der Waals surface area contributed by atoms with E-state index in [1.54, 1.807) is 36.6 Å². The molecule has 0 spiro atoms. The highest BCUT2D eigenvalue weighted by molar-refractivity contribution is 7.84. The van der Waals surface area contributed by atoms with E-state index in [-0.39, 0.29) is 30.3 Å². The SMILES string of the molecule is CS(=O)c1ccccc1Nc1cc(CC(=O)C2CC2)nc2c1N=C(C(F)F)C2. The number of aromatic nitrogens is 1. The highest BCUT2D eigenvalue weighted by atomic mass is 32.2. The average molecular weight is 403 g/mol. The fourth-order valence-corrected chi connectivity index (χ4v) is 3.96. The molecule has 0 bridgehead atoms. The molecule has 1 saturated carbocycles. The van der Waals surface area contributed by atoms with Crippen molar-refractivity contribution < 1.29 is 17.8 Å². The first-order valence-electron chi connectivity index (χ1n) is 9.03. The van der Waals surface area contributed by atoms with Crippen LogP contribution in [-0.4, -0.2) is 33.4 Å². The van der Waals surface area contributed by atoms with Gasteiger partial charge in [0.2, 0.25) is 0 Å². The molecule has 1 fully saturated rings. The lowest BCUT2D eigenvalue weighted by molar-refractivity contribution is -0.119. The van der Waals surface area contributed by atoms with Crippen molar-refractivity contribution in [3.8, 4) is 0 Å². The summed E-state index contributed by atoms with van der Waals surface area (Å²) in [6.45, 7) is 0. The Morgan fingerprint density at radius 3 is 2.71 bits per heavy atom. The molecule has 1 N–H and O–H groups in total. The van der Waals surface area contributed by atoms with Gasteiger partial charge in [-0.25, -0.2) is 13.8 Å². The number of benzene rings is 1. The summed E-state index contributed by atoms with van der Waals surface area (Å²) in [6, 6.07) is 8.78. The maximum absolute atomic E-state index is 13.2. The number of hydrogen-bond donors (Lipinski definition) is 1. The van der Waals surface area contributed by atoms with Crippen LogP contribution in [-0.2, 0) is 28.4 Å². The van der Waals surface area contributed by atoms with Crippen molar-refractivity contribution in [2.75, 3.05) is 11.6 Å². The van der Waals surface area contributed by atoms with E-state index in [1.807, 2.05) is 0 Å². The van der Waals surface area contributed by atoms with Gasteiger partial charge in [0.1, 0.15) is 11.5 Å². The van der Waals surface area contributed by atoms with E-state index in [0.717, 1.165) is 12.8 Å². The van der Waals surface area contributed by atoms with Crippen LogP contribution in [0.3, 0.4) is 0 Å². The highest BCUT2D eigenvalue weighted by Gasteiger charge is 2.31. The molecule has 0 amide bonds. The number of para-hydroxylation sites is 1. The van der Waals surface area contributed by atoms with Crippen molar-refractivity contribution in [3.05, 3.63) is 41.7 Å². The molecule has 1 aromatic carbocycles. The minimum atomic E-state index is -2.66. The summed E-state index contributed by atoms with van der Waals surface area (Å²) < 4.78 is 38.4. The number of pyridine rings is 1. The van der Waals surface area contributed by atoms with E-state index in [1.165, 1.54) is 0 Å². The number of rotatable bonds is 7. The molecule has 2 heterocycles. The molecule has 0 saturated heterocycles. The fraction of sp³-hybridized carbons (Fsp3) is 0.350. The molecule has 4 rings (SSSR count). The first kappa shape index (κ1) is 18.9. The Bertz CT molecular complexity index is 1000. The maximum Gasteiger partial charge on any atom is 0.277 e. The minimum absolute atomic E-state index is 0.0332. The molecular weight excluding hydrogens is 384 g/mol. The summed E-state index contributed by atoms with van der Waals surface area (Å²) in [7, 11) is -1.23. The molecule has 1 unspecified atom stereocenters. The van der Waals surface area contributed by atoms with Crippen molar-refractivity contribution >= 4 is 39.4 Å². The van der Waals surface area contributed by atoms with E-state index in [4.69, 9.17) is 0 Å². The number of Topliss-reactive ketones (excluding diaryl/α,β-unsaturated/α-hetero) is 1. The van der Waals surface area contributed by atoms with Crippen molar-refractivity contribution in [1.82, 2.24) is 4.98 Å². The number of anilines is 2. The zero-order valence-corrected chi connectivity index (χ0v) is 16.1. The van der Waals surface area contributed by atoms with Gasteiger partial charge in [-0.15, -0.1) is 0 Å². The number of alkyl halides is 2. The van der Waals surface area contributed by atoms with Gasteiger partial charge in [0, 0.05) is 25.0 Å². The predicted molar refractivity (Wildman–Crippen MR) is 105 cm³/mol. The molecule has 28 heavy (non-hydrogen) atoms. The normalized spacial score (nSPS) is 16.6. The third-order valence-electron chi connectivity index (χ3n) is 4.83. The Labute approximate surface area is 163 Å². The summed E-state index contributed by atoms with van der Waals surface area (Å²) in [5, 5.41) is 3.18. The number of carbonyl (C=O) groups is 1. The lowest BCUT2D eigenvalue weighted by atomic mass is 10.1. The lowest BCUT2D eigenvalue weighted by Gasteiger charge is -2.14. The summed E-state index contributed by atoms with van der Waals surface area (Å²) >= 11 is 0. The second kappa shape index (κ2) is 7.50. The Balaban J connectivity index is 1.73. The van der Waals surface area contributed by atoms with Gasteiger partial charge in [0.05, 0.1) is 44.2 Å². The summed E-state index contributed by atoms with van der Waals surface area (Å²) in [5.74, 6) is 0.226. The smallest absolute Gasteiger partial charge is 0.277 e. The van der Waals surface area contributed by atoms with Gasteiger partial charge in [-0.2, -0.15) is 0 Å². The zero-order chi connectivity index (χ0) is 19.8. The van der Waals surface area contributed by atoms with E-state index in [0.29, 0.717) is 33.3 Å². The number of carbonyl (C=O) groups excluding carboxylic acids is 1. The van der Waals surface area contributed by atoms with Crippen molar-refractivity contribution in [2.45, 2.75) is 37.0 Å². The van der Waals surface area contributed by atoms with E-state index >= 15 is 0 Å². The molecular formula is C20H19F2N3O2S. The van der Waals surface area contributed by atoms with Gasteiger partial charge >= 0.3 is 0 Å². The Morgan fingerprint density at radius 2 is 2.04 bits per heavy atom. The van der Waals surface area contributed by atoms with Gasteiger partial charge in [0.25, 0.3) is 6.43 Å². The van der Waals surface area contributed by atoms with Gasteiger partial charge in [0.15, 0.2) is 0 Å². The quantitative estimate of drug-likeness (QED) is 0.759. The lowest BCUT2D eigenvalue weighted by Crippen LogP contribution is -2.11. The molecule has 1 atom stereocenters. The van der Waals surface area contributed by atoms with Gasteiger partial charge in [-0.3, -0.25) is 14.0 Å². The topological polar surface area (TPSA) is 71.4 Å². The van der Waals surface area contributed by atoms with E-state index in [2.05, 4.69) is 15.3 Å². The van der Waals surface area contributed by atoms with Crippen LogP contribution in [0.15, 0.2) is 40.2 Å². The summed E-state index contributed by atoms with van der Waals surface area (Å²) in [6.07, 6.45) is 0.873. The van der Waals surface area contributed by atoms with Crippen LogP contribution < -0.4 is 5.32 Å². The number of fused-ring (bicyclic) bond motifs is 1. The summed E-state index contributed by atoms with van der Waals surface area (Å²) in [4.78, 5) is 21.3. The fourth-order valence-electron chi connectivity index (χ4n) is 3.26. The van der Waals surface area contributed by atoms with Crippen molar-refractivity contribution in [2.24, 2.45) is 10.9 Å². The van der Waals surface area contributed by atoms with Crippen molar-refractivity contribution in [3.63, 3.8) is 0 Å². The number of halogens is 2. The Morgan fingerprint density at radius 1 is 1.29 bits per heavy atom. The molecule has 146 valence electrons. The standard InChI is InChI=1S/C20H19F2N3O2S/c1-28(27)18-5-3-2-4-13(18)24-14-8-12(9-17(26)11-6-7-11)23-15-10-16(20(21)22)25-19(14)15/h2-5,8,11,20H,6-7,9-10H2,1H3,(H,23,24). The largest absolute Gasteiger partial charge is 0.353 e. The first-order valence-corrected chi connectivity index (χ1v) is 10.6. The molecule has 2 aromatic rings. The molecule has 1 aliphatic carbocycles. The second-order valence-electron chi connectivity index (χ2n) is 7.03.